The molecule has 1 aromatic heterocycles. The van der Waals surface area contributed by atoms with E-state index in [-0.39, 0.29) is 6.04 Å². The highest BCUT2D eigenvalue weighted by molar-refractivity contribution is 7.09. The smallest absolute Gasteiger partial charge is 0.131 e. The van der Waals surface area contributed by atoms with E-state index in [1.165, 1.54) is 23.5 Å². The van der Waals surface area contributed by atoms with E-state index in [1.54, 1.807) is 0 Å². The number of benzene rings is 1. The van der Waals surface area contributed by atoms with Gasteiger partial charge in [0, 0.05) is 23.1 Å². The lowest BCUT2D eigenvalue weighted by molar-refractivity contribution is 0.530. The van der Waals surface area contributed by atoms with Crippen molar-refractivity contribution >= 4 is 11.3 Å². The van der Waals surface area contributed by atoms with Crippen LogP contribution in [0, 0.1) is 11.6 Å². The summed E-state index contributed by atoms with van der Waals surface area (Å²) in [6.45, 7) is 4.17. The molecule has 0 saturated heterocycles. The molecule has 1 aromatic carbocycles. The molecule has 0 amide bonds. The molecule has 1 aliphatic carbocycles. The summed E-state index contributed by atoms with van der Waals surface area (Å²) in [5.41, 5.74) is 1.48. The van der Waals surface area contributed by atoms with E-state index in [0.29, 0.717) is 17.5 Å². The van der Waals surface area contributed by atoms with Crippen molar-refractivity contribution in [3.63, 3.8) is 0 Å². The Hall–Kier alpha value is -1.33. The normalized spacial score (nSPS) is 16.4. The fourth-order valence-electron chi connectivity index (χ4n) is 2.21. The number of aromatic nitrogens is 1. The minimum atomic E-state index is -0.552. The van der Waals surface area contributed by atoms with Crippen LogP contribution in [0.2, 0.25) is 0 Å². The molecule has 1 fully saturated rings. The van der Waals surface area contributed by atoms with Gasteiger partial charge in [0.1, 0.15) is 16.6 Å². The van der Waals surface area contributed by atoms with Crippen LogP contribution in [0.25, 0.3) is 0 Å². The fraction of sp³-hybridized carbons (Fsp3) is 0.438. The summed E-state index contributed by atoms with van der Waals surface area (Å²) < 4.78 is 27.2. The lowest BCUT2D eigenvalue weighted by Gasteiger charge is -2.17. The molecule has 1 heterocycles. The quantitative estimate of drug-likeness (QED) is 0.886. The van der Waals surface area contributed by atoms with Crippen molar-refractivity contribution in [2.45, 2.75) is 44.7 Å². The molecular formula is C16H18F2N2S. The van der Waals surface area contributed by atoms with Crippen LogP contribution >= 0.6 is 11.3 Å². The van der Waals surface area contributed by atoms with Gasteiger partial charge < -0.3 is 5.32 Å². The van der Waals surface area contributed by atoms with Crippen molar-refractivity contribution in [3.05, 3.63) is 51.5 Å². The maximum atomic E-state index is 14.1. The zero-order valence-electron chi connectivity index (χ0n) is 12.1. The molecule has 1 atom stereocenters. The van der Waals surface area contributed by atoms with E-state index in [1.807, 2.05) is 5.38 Å². The van der Waals surface area contributed by atoms with Crippen molar-refractivity contribution in [1.29, 1.82) is 0 Å². The van der Waals surface area contributed by atoms with E-state index >= 15 is 0 Å². The Kier molecular flexibility index (Phi) is 4.04. The second kappa shape index (κ2) is 5.81. The topological polar surface area (TPSA) is 24.9 Å². The lowest BCUT2D eigenvalue weighted by Crippen LogP contribution is -2.25. The summed E-state index contributed by atoms with van der Waals surface area (Å²) in [4.78, 5) is 4.63. The van der Waals surface area contributed by atoms with Gasteiger partial charge in [0.25, 0.3) is 0 Å². The van der Waals surface area contributed by atoms with Crippen LogP contribution < -0.4 is 5.32 Å². The molecule has 112 valence electrons. The van der Waals surface area contributed by atoms with E-state index in [4.69, 9.17) is 0 Å². The van der Waals surface area contributed by atoms with Gasteiger partial charge in [-0.15, -0.1) is 11.3 Å². The highest BCUT2D eigenvalue weighted by Gasteiger charge is 2.29. The zero-order chi connectivity index (χ0) is 15.0. The first kappa shape index (κ1) is 14.6. The predicted molar refractivity (Wildman–Crippen MR) is 80.6 cm³/mol. The Morgan fingerprint density at radius 1 is 1.29 bits per heavy atom. The Balaban J connectivity index is 1.95. The molecule has 1 aliphatic rings. The van der Waals surface area contributed by atoms with E-state index < -0.39 is 11.6 Å². The van der Waals surface area contributed by atoms with Gasteiger partial charge in [-0.05, 0) is 24.8 Å². The number of hydrogen-bond donors (Lipinski definition) is 1. The van der Waals surface area contributed by atoms with Crippen LogP contribution in [0.3, 0.4) is 0 Å². The molecule has 2 aromatic rings. The van der Waals surface area contributed by atoms with Crippen molar-refractivity contribution in [3.8, 4) is 0 Å². The number of thiazole rings is 1. The van der Waals surface area contributed by atoms with E-state index in [0.717, 1.165) is 29.6 Å². The van der Waals surface area contributed by atoms with Gasteiger partial charge in [-0.2, -0.15) is 0 Å². The van der Waals surface area contributed by atoms with E-state index in [2.05, 4.69) is 24.1 Å². The molecule has 0 aliphatic heterocycles. The summed E-state index contributed by atoms with van der Waals surface area (Å²) in [5.74, 6) is -0.729. The van der Waals surface area contributed by atoms with Gasteiger partial charge in [-0.3, -0.25) is 0 Å². The third-order valence-electron chi connectivity index (χ3n) is 3.63. The van der Waals surface area contributed by atoms with Gasteiger partial charge in [-0.1, -0.05) is 19.9 Å². The average Bonchev–Trinajstić information content (AvgIpc) is 3.11. The maximum absolute atomic E-state index is 14.1. The molecule has 3 rings (SSSR count). The SMILES string of the molecule is CC(C)c1csc(C(NC2CC2)c2ccc(F)cc2F)n1. The summed E-state index contributed by atoms with van der Waals surface area (Å²) in [6, 6.07) is 3.87. The first-order chi connectivity index (χ1) is 10.0. The monoisotopic (exact) mass is 308 g/mol. The highest BCUT2D eigenvalue weighted by Crippen LogP contribution is 2.33. The van der Waals surface area contributed by atoms with Gasteiger partial charge in [0.2, 0.25) is 0 Å². The summed E-state index contributed by atoms with van der Waals surface area (Å²) in [7, 11) is 0. The predicted octanol–water partition coefficient (Wildman–Crippen LogP) is 4.39. The average molecular weight is 308 g/mol. The minimum absolute atomic E-state index is 0.296. The van der Waals surface area contributed by atoms with Gasteiger partial charge in [0.15, 0.2) is 0 Å². The standard InChI is InChI=1S/C16H18F2N2S/c1-9(2)14-8-21-16(20-14)15(19-11-4-5-11)12-6-3-10(17)7-13(12)18/h3,6-9,11,15,19H,4-5H2,1-2H3. The van der Waals surface area contributed by atoms with Gasteiger partial charge in [-0.25, -0.2) is 13.8 Å². The van der Waals surface area contributed by atoms with Crippen LogP contribution in [0.5, 0.6) is 0 Å². The van der Waals surface area contributed by atoms with Crippen LogP contribution in [0.15, 0.2) is 23.6 Å². The fourth-order valence-corrected chi connectivity index (χ4v) is 3.27. The van der Waals surface area contributed by atoms with Gasteiger partial charge in [0.05, 0.1) is 11.7 Å². The number of nitrogens with zero attached hydrogens (tertiary/aromatic N) is 1. The molecular weight excluding hydrogens is 290 g/mol. The first-order valence-electron chi connectivity index (χ1n) is 7.21. The molecule has 2 nitrogen and oxygen atoms in total. The maximum Gasteiger partial charge on any atom is 0.131 e. The highest BCUT2D eigenvalue weighted by atomic mass is 32.1. The Labute approximate surface area is 127 Å². The summed E-state index contributed by atoms with van der Waals surface area (Å²) in [6.07, 6.45) is 2.20. The molecule has 5 heteroatoms. The molecule has 0 spiro atoms. The van der Waals surface area contributed by atoms with Gasteiger partial charge >= 0.3 is 0 Å². The Morgan fingerprint density at radius 3 is 2.62 bits per heavy atom. The van der Waals surface area contributed by atoms with Crippen molar-refractivity contribution in [2.24, 2.45) is 0 Å². The molecule has 1 N–H and O–H groups in total. The summed E-state index contributed by atoms with van der Waals surface area (Å²) >= 11 is 1.53. The Morgan fingerprint density at radius 2 is 2.05 bits per heavy atom. The third-order valence-corrected chi connectivity index (χ3v) is 4.56. The van der Waals surface area contributed by atoms with Crippen molar-refractivity contribution in [2.75, 3.05) is 0 Å². The van der Waals surface area contributed by atoms with Crippen LogP contribution in [-0.4, -0.2) is 11.0 Å². The largest absolute Gasteiger partial charge is 0.301 e. The number of rotatable bonds is 5. The number of halogens is 2. The van der Waals surface area contributed by atoms with Crippen molar-refractivity contribution < 1.29 is 8.78 Å². The second-order valence-corrected chi connectivity index (χ2v) is 6.69. The molecule has 1 saturated carbocycles. The summed E-state index contributed by atoms with van der Waals surface area (Å²) in [5, 5.41) is 6.28. The third kappa shape index (κ3) is 3.30. The lowest BCUT2D eigenvalue weighted by atomic mass is 10.1. The minimum Gasteiger partial charge on any atom is -0.301 e. The van der Waals surface area contributed by atoms with Crippen LogP contribution in [0.4, 0.5) is 8.78 Å². The molecule has 0 bridgehead atoms. The number of nitrogens with one attached hydrogen (secondary N) is 1. The molecule has 21 heavy (non-hydrogen) atoms. The van der Waals surface area contributed by atoms with Crippen LogP contribution in [0.1, 0.15) is 54.9 Å². The van der Waals surface area contributed by atoms with E-state index in [9.17, 15) is 8.78 Å². The number of hydrogen-bond acceptors (Lipinski definition) is 3. The molecule has 0 radical (unpaired) electrons. The van der Waals surface area contributed by atoms with Crippen LogP contribution in [-0.2, 0) is 0 Å². The van der Waals surface area contributed by atoms with Crippen molar-refractivity contribution in [1.82, 2.24) is 10.3 Å². The first-order valence-corrected chi connectivity index (χ1v) is 8.09. The second-order valence-electron chi connectivity index (χ2n) is 5.81. The molecule has 1 unspecified atom stereocenters. The zero-order valence-corrected chi connectivity index (χ0v) is 12.9. The Bertz CT molecular complexity index is 635.